The van der Waals surface area contributed by atoms with Crippen LogP contribution in [0.15, 0.2) is 18.2 Å². The molecule has 92 valence electrons. The normalized spacial score (nSPS) is 11.1. The summed E-state index contributed by atoms with van der Waals surface area (Å²) >= 11 is 0. The highest BCUT2D eigenvalue weighted by molar-refractivity contribution is 5.96. The van der Waals surface area contributed by atoms with Crippen molar-refractivity contribution in [2.45, 2.75) is 13.1 Å². The first-order valence-corrected chi connectivity index (χ1v) is 4.35. The molecule has 0 heterocycles. The van der Waals surface area contributed by atoms with E-state index in [1.54, 1.807) is 6.92 Å². The average Bonchev–Trinajstić information content (AvgIpc) is 2.18. The summed E-state index contributed by atoms with van der Waals surface area (Å²) in [6.45, 7) is 1.54. The largest absolute Gasteiger partial charge is 0.471 e. The Bertz CT molecular complexity index is 471. The lowest BCUT2D eigenvalue weighted by Crippen LogP contribution is -2.30. The van der Waals surface area contributed by atoms with Crippen molar-refractivity contribution >= 4 is 17.3 Å². The molecule has 1 N–H and O–H groups in total. The minimum atomic E-state index is -5.08. The molecule has 0 unspecified atom stereocenters. The fraction of sp³-hybridized carbons (Fsp3) is 0.222. The minimum absolute atomic E-state index is 0.483. The highest BCUT2D eigenvalue weighted by atomic mass is 19.4. The molecule has 0 aliphatic rings. The predicted molar refractivity (Wildman–Crippen MR) is 52.5 cm³/mol. The number of nitro benzene ring substituents is 1. The smallest absolute Gasteiger partial charge is 0.312 e. The van der Waals surface area contributed by atoms with Gasteiger partial charge in [0.2, 0.25) is 0 Å². The van der Waals surface area contributed by atoms with E-state index in [1.807, 2.05) is 0 Å². The molecule has 8 heteroatoms. The zero-order valence-corrected chi connectivity index (χ0v) is 8.54. The first kappa shape index (κ1) is 12.9. The molecule has 0 aliphatic carbocycles. The first-order valence-electron chi connectivity index (χ1n) is 4.35. The molecule has 17 heavy (non-hydrogen) atoms. The van der Waals surface area contributed by atoms with E-state index in [4.69, 9.17) is 0 Å². The van der Waals surface area contributed by atoms with E-state index in [0.717, 1.165) is 12.1 Å². The van der Waals surface area contributed by atoms with Gasteiger partial charge in [0.1, 0.15) is 5.69 Å². The van der Waals surface area contributed by atoms with Crippen molar-refractivity contribution in [2.75, 3.05) is 5.32 Å². The zero-order valence-electron chi connectivity index (χ0n) is 8.54. The van der Waals surface area contributed by atoms with Crippen LogP contribution in [0.25, 0.3) is 0 Å². The Labute approximate surface area is 93.4 Å². The SMILES string of the molecule is Cc1ccc(NC(=O)C(F)(F)F)c([N+](=O)[O-])c1. The molecule has 0 atom stereocenters. The maximum Gasteiger partial charge on any atom is 0.471 e. The molecule has 1 amide bonds. The zero-order chi connectivity index (χ0) is 13.2. The van der Waals surface area contributed by atoms with Crippen LogP contribution in [0.2, 0.25) is 0 Å². The highest BCUT2D eigenvalue weighted by Gasteiger charge is 2.39. The van der Waals surface area contributed by atoms with Crippen LogP contribution in [0.4, 0.5) is 24.5 Å². The van der Waals surface area contributed by atoms with Gasteiger partial charge in [0.05, 0.1) is 4.92 Å². The van der Waals surface area contributed by atoms with Crippen molar-refractivity contribution in [3.63, 3.8) is 0 Å². The molecule has 0 saturated heterocycles. The number of nitro groups is 1. The summed E-state index contributed by atoms with van der Waals surface area (Å²) in [6.07, 6.45) is -5.08. The number of nitrogens with zero attached hydrogens (tertiary/aromatic N) is 1. The summed E-state index contributed by atoms with van der Waals surface area (Å²) in [7, 11) is 0. The van der Waals surface area contributed by atoms with Crippen molar-refractivity contribution in [2.24, 2.45) is 0 Å². The van der Waals surface area contributed by atoms with Gasteiger partial charge in [0, 0.05) is 6.07 Å². The van der Waals surface area contributed by atoms with Gasteiger partial charge in [-0.25, -0.2) is 0 Å². The van der Waals surface area contributed by atoms with Crippen molar-refractivity contribution in [1.29, 1.82) is 0 Å². The number of halogens is 3. The van der Waals surface area contributed by atoms with Gasteiger partial charge in [-0.1, -0.05) is 6.07 Å². The number of hydrogen-bond acceptors (Lipinski definition) is 3. The lowest BCUT2D eigenvalue weighted by molar-refractivity contribution is -0.384. The molecule has 0 radical (unpaired) electrons. The fourth-order valence-corrected chi connectivity index (χ4v) is 1.09. The van der Waals surface area contributed by atoms with Gasteiger partial charge >= 0.3 is 12.1 Å². The quantitative estimate of drug-likeness (QED) is 0.645. The van der Waals surface area contributed by atoms with Crippen LogP contribution in [-0.2, 0) is 4.79 Å². The Balaban J connectivity index is 3.07. The summed E-state index contributed by atoms with van der Waals surface area (Å²) < 4.78 is 35.9. The first-order chi connectivity index (χ1) is 7.71. The number of rotatable bonds is 2. The maximum atomic E-state index is 12.0. The van der Waals surface area contributed by atoms with Crippen LogP contribution in [0.1, 0.15) is 5.56 Å². The summed E-state index contributed by atoms with van der Waals surface area (Å²) in [5.74, 6) is -2.25. The molecule has 0 bridgehead atoms. The molecule has 1 aromatic rings. The number of benzene rings is 1. The summed E-state index contributed by atoms with van der Waals surface area (Å²) in [6, 6.07) is 3.49. The van der Waals surface area contributed by atoms with Crippen molar-refractivity contribution in [1.82, 2.24) is 0 Å². The third-order valence-electron chi connectivity index (χ3n) is 1.86. The number of carbonyl (C=O) groups excluding carboxylic acids is 1. The maximum absolute atomic E-state index is 12.0. The molecule has 0 fully saturated rings. The molecule has 1 rings (SSSR count). The summed E-state index contributed by atoms with van der Waals surface area (Å²) in [4.78, 5) is 20.4. The van der Waals surface area contributed by atoms with Crippen molar-refractivity contribution in [3.05, 3.63) is 33.9 Å². The van der Waals surface area contributed by atoms with Crippen LogP contribution >= 0.6 is 0 Å². The topological polar surface area (TPSA) is 72.2 Å². The number of carbonyl (C=O) groups is 1. The molecule has 1 aromatic carbocycles. The number of hydrogen-bond donors (Lipinski definition) is 1. The van der Waals surface area contributed by atoms with Gasteiger partial charge in [-0.2, -0.15) is 13.2 Å². The second-order valence-corrected chi connectivity index (χ2v) is 3.23. The van der Waals surface area contributed by atoms with Crippen LogP contribution in [0.5, 0.6) is 0 Å². The average molecular weight is 248 g/mol. The van der Waals surface area contributed by atoms with Crippen LogP contribution in [-0.4, -0.2) is 17.0 Å². The van der Waals surface area contributed by atoms with Crippen LogP contribution in [0.3, 0.4) is 0 Å². The number of anilines is 1. The molecule has 5 nitrogen and oxygen atoms in total. The van der Waals surface area contributed by atoms with E-state index < -0.39 is 28.4 Å². The number of amides is 1. The second kappa shape index (κ2) is 4.40. The van der Waals surface area contributed by atoms with Crippen molar-refractivity contribution < 1.29 is 22.9 Å². The Kier molecular flexibility index (Phi) is 3.35. The third-order valence-corrected chi connectivity index (χ3v) is 1.86. The molecular formula is C9H7F3N2O3. The van der Waals surface area contributed by atoms with E-state index in [-0.39, 0.29) is 0 Å². The van der Waals surface area contributed by atoms with E-state index in [0.29, 0.717) is 5.56 Å². The fourth-order valence-electron chi connectivity index (χ4n) is 1.09. The third kappa shape index (κ3) is 3.16. The molecule has 0 aliphatic heterocycles. The summed E-state index contributed by atoms with van der Waals surface area (Å²) in [5.41, 5.74) is -0.563. The van der Waals surface area contributed by atoms with Gasteiger partial charge in [0.25, 0.3) is 5.69 Å². The van der Waals surface area contributed by atoms with E-state index in [9.17, 15) is 28.1 Å². The van der Waals surface area contributed by atoms with Crippen LogP contribution in [0, 0.1) is 17.0 Å². The van der Waals surface area contributed by atoms with E-state index >= 15 is 0 Å². The second-order valence-electron chi connectivity index (χ2n) is 3.23. The van der Waals surface area contributed by atoms with Crippen LogP contribution < -0.4 is 5.32 Å². The highest BCUT2D eigenvalue weighted by Crippen LogP contribution is 2.27. The monoisotopic (exact) mass is 248 g/mol. The standard InChI is InChI=1S/C9H7F3N2O3/c1-5-2-3-6(7(4-5)14(16)17)13-8(15)9(10,11)12/h2-4H,1H3,(H,13,15). The Hall–Kier alpha value is -2.12. The van der Waals surface area contributed by atoms with Gasteiger partial charge < -0.3 is 5.32 Å². The lowest BCUT2D eigenvalue weighted by atomic mass is 10.2. The minimum Gasteiger partial charge on any atom is -0.312 e. The van der Waals surface area contributed by atoms with Gasteiger partial charge in [-0.05, 0) is 18.6 Å². The van der Waals surface area contributed by atoms with E-state index in [2.05, 4.69) is 0 Å². The van der Waals surface area contributed by atoms with Gasteiger partial charge in [0.15, 0.2) is 0 Å². The van der Waals surface area contributed by atoms with Gasteiger partial charge in [-0.3, -0.25) is 14.9 Å². The Morgan fingerprint density at radius 3 is 2.47 bits per heavy atom. The Morgan fingerprint density at radius 1 is 1.41 bits per heavy atom. The number of aryl methyl sites for hydroxylation is 1. The number of nitrogens with one attached hydrogen (secondary N) is 1. The molecular weight excluding hydrogens is 241 g/mol. The molecule has 0 spiro atoms. The van der Waals surface area contributed by atoms with Crippen molar-refractivity contribution in [3.8, 4) is 0 Å². The molecule has 0 aromatic heterocycles. The molecule has 0 saturated carbocycles. The van der Waals surface area contributed by atoms with E-state index in [1.165, 1.54) is 11.4 Å². The predicted octanol–water partition coefficient (Wildman–Crippen LogP) is 2.40. The van der Waals surface area contributed by atoms with Gasteiger partial charge in [-0.15, -0.1) is 0 Å². The Morgan fingerprint density at radius 2 is 2.00 bits per heavy atom. The lowest BCUT2D eigenvalue weighted by Gasteiger charge is -2.08. The number of alkyl halides is 3. The summed E-state index contributed by atoms with van der Waals surface area (Å²) in [5, 5.41) is 12.0.